The van der Waals surface area contributed by atoms with Crippen LogP contribution in [0.2, 0.25) is 0 Å². The second-order valence-corrected chi connectivity index (χ2v) is 5.67. The zero-order chi connectivity index (χ0) is 15.5. The fourth-order valence-electron chi connectivity index (χ4n) is 2.69. The molecule has 1 saturated heterocycles. The van der Waals surface area contributed by atoms with E-state index in [1.165, 1.54) is 0 Å². The van der Waals surface area contributed by atoms with Gasteiger partial charge in [0.2, 0.25) is 11.8 Å². The maximum Gasteiger partial charge on any atom is 0.248 e. The molecule has 2 rings (SSSR count). The van der Waals surface area contributed by atoms with Crippen LogP contribution < -0.4 is 5.32 Å². The maximum atomic E-state index is 12.7. The third kappa shape index (κ3) is 3.06. The predicted octanol–water partition coefficient (Wildman–Crippen LogP) is 1.53. The number of carbonyl (C=O) groups is 2. The van der Waals surface area contributed by atoms with Crippen molar-refractivity contribution in [3.63, 3.8) is 0 Å². The van der Waals surface area contributed by atoms with Crippen LogP contribution in [0.3, 0.4) is 0 Å². The molecular weight excluding hydrogens is 266 g/mol. The number of hydrogen-bond donors (Lipinski definition) is 1. The lowest BCUT2D eigenvalue weighted by Gasteiger charge is -2.44. The number of nitrogens with zero attached hydrogens (tertiary/aromatic N) is 2. The van der Waals surface area contributed by atoms with Crippen LogP contribution in [0.4, 0.5) is 0 Å². The molecule has 1 aromatic heterocycles. The molecule has 2 amide bonds. The summed E-state index contributed by atoms with van der Waals surface area (Å²) in [6.07, 6.45) is 3.62. The number of rotatable bonds is 5. The van der Waals surface area contributed by atoms with E-state index in [1.54, 1.807) is 18.0 Å². The van der Waals surface area contributed by atoms with Crippen molar-refractivity contribution in [2.75, 3.05) is 6.54 Å². The van der Waals surface area contributed by atoms with Gasteiger partial charge >= 0.3 is 0 Å². The third-order valence-electron chi connectivity index (χ3n) is 4.24. The van der Waals surface area contributed by atoms with Crippen LogP contribution in [0.5, 0.6) is 0 Å². The molecule has 114 valence electrons. The Kier molecular flexibility index (Phi) is 4.60. The average Bonchev–Trinajstić information content (AvgIpc) is 2.50. The Bertz CT molecular complexity index is 518. The van der Waals surface area contributed by atoms with Gasteiger partial charge in [-0.2, -0.15) is 0 Å². The Morgan fingerprint density at radius 3 is 2.67 bits per heavy atom. The Morgan fingerprint density at radius 1 is 1.33 bits per heavy atom. The van der Waals surface area contributed by atoms with Crippen molar-refractivity contribution in [1.82, 2.24) is 15.2 Å². The molecule has 0 radical (unpaired) electrons. The summed E-state index contributed by atoms with van der Waals surface area (Å²) in [6.45, 7) is 6.17. The molecule has 0 aliphatic carbocycles. The predicted molar refractivity (Wildman–Crippen MR) is 80.6 cm³/mol. The van der Waals surface area contributed by atoms with Crippen molar-refractivity contribution >= 4 is 11.8 Å². The number of amides is 2. The van der Waals surface area contributed by atoms with Crippen molar-refractivity contribution in [2.24, 2.45) is 0 Å². The van der Waals surface area contributed by atoms with Crippen LogP contribution in [0.1, 0.15) is 39.3 Å². The first kappa shape index (κ1) is 15.5. The second kappa shape index (κ2) is 6.24. The highest BCUT2D eigenvalue weighted by Gasteiger charge is 2.45. The van der Waals surface area contributed by atoms with E-state index in [4.69, 9.17) is 0 Å². The Balaban J connectivity index is 2.16. The van der Waals surface area contributed by atoms with E-state index in [2.05, 4.69) is 10.3 Å². The SMILES string of the molecule is CCC1C(=O)NC(C)(CC)C(=O)N1CCc1ccccn1. The molecule has 1 aliphatic rings. The van der Waals surface area contributed by atoms with Gasteiger partial charge in [0, 0.05) is 24.9 Å². The fourth-order valence-corrected chi connectivity index (χ4v) is 2.69. The molecule has 0 aromatic carbocycles. The summed E-state index contributed by atoms with van der Waals surface area (Å²) in [5, 5.41) is 2.88. The van der Waals surface area contributed by atoms with Gasteiger partial charge in [-0.25, -0.2) is 0 Å². The molecule has 0 spiro atoms. The van der Waals surface area contributed by atoms with E-state index in [-0.39, 0.29) is 17.9 Å². The molecule has 1 aromatic rings. The number of nitrogens with one attached hydrogen (secondary N) is 1. The summed E-state index contributed by atoms with van der Waals surface area (Å²) in [5.41, 5.74) is 0.150. The summed E-state index contributed by atoms with van der Waals surface area (Å²) in [4.78, 5) is 30.9. The lowest BCUT2D eigenvalue weighted by atomic mass is 9.91. The molecule has 1 fully saturated rings. The Hall–Kier alpha value is -1.91. The number of aromatic nitrogens is 1. The molecule has 1 N–H and O–H groups in total. The van der Waals surface area contributed by atoms with Crippen molar-refractivity contribution in [3.05, 3.63) is 30.1 Å². The van der Waals surface area contributed by atoms with Gasteiger partial charge in [-0.05, 0) is 31.9 Å². The largest absolute Gasteiger partial charge is 0.340 e. The third-order valence-corrected chi connectivity index (χ3v) is 4.24. The Labute approximate surface area is 125 Å². The summed E-state index contributed by atoms with van der Waals surface area (Å²) < 4.78 is 0. The molecular formula is C16H23N3O2. The number of carbonyl (C=O) groups excluding carboxylic acids is 2. The normalized spacial score (nSPS) is 25.9. The van der Waals surface area contributed by atoms with E-state index in [0.29, 0.717) is 25.8 Å². The minimum Gasteiger partial charge on any atom is -0.340 e. The first-order chi connectivity index (χ1) is 10.0. The monoisotopic (exact) mass is 289 g/mol. The van der Waals surface area contributed by atoms with E-state index in [1.807, 2.05) is 32.0 Å². The zero-order valence-electron chi connectivity index (χ0n) is 12.9. The topological polar surface area (TPSA) is 62.3 Å². The molecule has 21 heavy (non-hydrogen) atoms. The van der Waals surface area contributed by atoms with Crippen LogP contribution in [-0.4, -0.2) is 39.8 Å². The lowest BCUT2D eigenvalue weighted by Crippen LogP contribution is -2.69. The number of hydrogen-bond acceptors (Lipinski definition) is 3. The van der Waals surface area contributed by atoms with Crippen molar-refractivity contribution < 1.29 is 9.59 Å². The first-order valence-corrected chi connectivity index (χ1v) is 7.55. The molecule has 0 saturated carbocycles. The minimum absolute atomic E-state index is 0.00683. The number of pyridine rings is 1. The highest BCUT2D eigenvalue weighted by molar-refractivity contribution is 5.99. The van der Waals surface area contributed by atoms with Gasteiger partial charge in [0.15, 0.2) is 0 Å². The summed E-state index contributed by atoms with van der Waals surface area (Å²) >= 11 is 0. The zero-order valence-corrected chi connectivity index (χ0v) is 12.9. The lowest BCUT2D eigenvalue weighted by molar-refractivity contribution is -0.154. The van der Waals surface area contributed by atoms with Crippen LogP contribution in [0, 0.1) is 0 Å². The van der Waals surface area contributed by atoms with Crippen LogP contribution in [0.25, 0.3) is 0 Å². The van der Waals surface area contributed by atoms with E-state index in [0.717, 1.165) is 5.69 Å². The van der Waals surface area contributed by atoms with Gasteiger partial charge in [0.1, 0.15) is 11.6 Å². The molecule has 5 nitrogen and oxygen atoms in total. The maximum absolute atomic E-state index is 12.7. The standard InChI is InChI=1S/C16H23N3O2/c1-4-13-14(20)18-16(3,5-2)15(21)19(13)11-9-12-8-6-7-10-17-12/h6-8,10,13H,4-5,9,11H2,1-3H3,(H,18,20). The van der Waals surface area contributed by atoms with Gasteiger partial charge in [0.05, 0.1) is 0 Å². The highest BCUT2D eigenvalue weighted by atomic mass is 16.2. The summed E-state index contributed by atoms with van der Waals surface area (Å²) in [5.74, 6) is -0.0464. The summed E-state index contributed by atoms with van der Waals surface area (Å²) in [6, 6.07) is 5.36. The van der Waals surface area contributed by atoms with Crippen molar-refractivity contribution in [1.29, 1.82) is 0 Å². The van der Waals surface area contributed by atoms with E-state index < -0.39 is 5.54 Å². The molecule has 0 bridgehead atoms. The molecule has 1 aliphatic heterocycles. The Morgan fingerprint density at radius 2 is 2.10 bits per heavy atom. The van der Waals surface area contributed by atoms with Crippen LogP contribution in [0.15, 0.2) is 24.4 Å². The quantitative estimate of drug-likeness (QED) is 0.894. The van der Waals surface area contributed by atoms with Gasteiger partial charge in [0.25, 0.3) is 0 Å². The van der Waals surface area contributed by atoms with Crippen molar-refractivity contribution in [3.8, 4) is 0 Å². The summed E-state index contributed by atoms with van der Waals surface area (Å²) in [7, 11) is 0. The van der Waals surface area contributed by atoms with Gasteiger partial charge in [-0.1, -0.05) is 19.9 Å². The van der Waals surface area contributed by atoms with Crippen molar-refractivity contribution in [2.45, 2.75) is 51.6 Å². The molecule has 2 heterocycles. The van der Waals surface area contributed by atoms with Gasteiger partial charge < -0.3 is 10.2 Å². The van der Waals surface area contributed by atoms with Crippen LogP contribution >= 0.6 is 0 Å². The smallest absolute Gasteiger partial charge is 0.248 e. The fraction of sp³-hybridized carbons (Fsp3) is 0.562. The van der Waals surface area contributed by atoms with Crippen LogP contribution in [-0.2, 0) is 16.0 Å². The van der Waals surface area contributed by atoms with E-state index >= 15 is 0 Å². The average molecular weight is 289 g/mol. The van der Waals surface area contributed by atoms with Gasteiger partial charge in [-0.15, -0.1) is 0 Å². The minimum atomic E-state index is -0.785. The van der Waals surface area contributed by atoms with Gasteiger partial charge in [-0.3, -0.25) is 14.6 Å². The molecule has 2 atom stereocenters. The van der Waals surface area contributed by atoms with E-state index in [9.17, 15) is 9.59 Å². The second-order valence-electron chi connectivity index (χ2n) is 5.67. The highest BCUT2D eigenvalue weighted by Crippen LogP contribution is 2.23. The molecule has 5 heteroatoms. The number of piperazine rings is 1. The first-order valence-electron chi connectivity index (χ1n) is 7.55. The molecule has 2 unspecified atom stereocenters.